The van der Waals surface area contributed by atoms with E-state index in [0.717, 1.165) is 23.7 Å². The van der Waals surface area contributed by atoms with Crippen molar-refractivity contribution in [1.29, 1.82) is 0 Å². The topological polar surface area (TPSA) is 71.0 Å². The number of ether oxygens (including phenoxy) is 1. The molecule has 1 aliphatic heterocycles. The number of aliphatic imine (C=N–C) groups is 1. The smallest absolute Gasteiger partial charge is 0.193 e. The lowest BCUT2D eigenvalue weighted by atomic mass is 10.2. The van der Waals surface area contributed by atoms with Crippen molar-refractivity contribution in [3.63, 3.8) is 0 Å². The number of nitrogens with zero attached hydrogens (tertiary/aromatic N) is 2. The molecule has 6 nitrogen and oxygen atoms in total. The fraction of sp³-hybridized carbons (Fsp3) is 0.611. The molecule has 0 aromatic heterocycles. The summed E-state index contributed by atoms with van der Waals surface area (Å²) in [6.45, 7) is 7.68. The molecule has 1 aliphatic rings. The van der Waals surface area contributed by atoms with Gasteiger partial charge in [-0.3, -0.25) is 4.99 Å². The van der Waals surface area contributed by atoms with Crippen molar-refractivity contribution in [2.24, 2.45) is 4.99 Å². The van der Waals surface area contributed by atoms with Gasteiger partial charge in [0.05, 0.1) is 17.1 Å². The maximum atomic E-state index is 12.1. The Morgan fingerprint density at radius 1 is 1.42 bits per heavy atom. The lowest BCUT2D eigenvalue weighted by molar-refractivity contribution is 0.306. The number of aryl methyl sites for hydroxylation is 1. The van der Waals surface area contributed by atoms with Crippen molar-refractivity contribution in [3.05, 3.63) is 28.8 Å². The van der Waals surface area contributed by atoms with Crippen LogP contribution in [0.1, 0.15) is 25.8 Å². The van der Waals surface area contributed by atoms with E-state index in [1.165, 1.54) is 0 Å². The zero-order valence-electron chi connectivity index (χ0n) is 15.9. The Morgan fingerprint density at radius 3 is 2.77 bits per heavy atom. The number of nitrogens with one attached hydrogen (secondary N) is 1. The first-order valence-corrected chi connectivity index (χ1v) is 10.8. The summed E-state index contributed by atoms with van der Waals surface area (Å²) in [7, 11) is -1.34. The minimum atomic E-state index is -3.06. The van der Waals surface area contributed by atoms with E-state index < -0.39 is 14.6 Å². The number of guanidine groups is 1. The summed E-state index contributed by atoms with van der Waals surface area (Å²) < 4.78 is 29.3. The van der Waals surface area contributed by atoms with Crippen molar-refractivity contribution in [1.82, 2.24) is 10.2 Å². The Hall–Kier alpha value is -1.47. The summed E-state index contributed by atoms with van der Waals surface area (Å²) in [6, 6.07) is 5.57. The third-order valence-electron chi connectivity index (χ3n) is 4.55. The van der Waals surface area contributed by atoms with Crippen LogP contribution in [0.2, 0.25) is 5.02 Å². The molecule has 0 radical (unpaired) electrons. The molecule has 26 heavy (non-hydrogen) atoms. The third kappa shape index (κ3) is 5.04. The van der Waals surface area contributed by atoms with Crippen LogP contribution in [0, 0.1) is 6.92 Å². The first-order chi connectivity index (χ1) is 12.2. The van der Waals surface area contributed by atoms with Gasteiger partial charge in [-0.2, -0.15) is 0 Å². The van der Waals surface area contributed by atoms with Crippen molar-refractivity contribution in [2.75, 3.05) is 39.0 Å². The maximum Gasteiger partial charge on any atom is 0.193 e. The Morgan fingerprint density at radius 2 is 2.15 bits per heavy atom. The van der Waals surface area contributed by atoms with Crippen LogP contribution in [-0.4, -0.2) is 63.1 Å². The quantitative estimate of drug-likeness (QED) is 0.466. The number of sulfone groups is 1. The van der Waals surface area contributed by atoms with Gasteiger partial charge in [-0.25, -0.2) is 8.42 Å². The van der Waals surface area contributed by atoms with Gasteiger partial charge in [0.25, 0.3) is 0 Å². The fourth-order valence-electron chi connectivity index (χ4n) is 2.89. The number of rotatable bonds is 5. The van der Waals surface area contributed by atoms with Crippen LogP contribution >= 0.6 is 11.6 Å². The fourth-order valence-corrected chi connectivity index (χ4v) is 4.48. The highest BCUT2D eigenvalue weighted by atomic mass is 35.5. The van der Waals surface area contributed by atoms with Gasteiger partial charge in [0.15, 0.2) is 15.8 Å². The van der Waals surface area contributed by atoms with Gasteiger partial charge in [-0.05, 0) is 51.0 Å². The average molecular weight is 402 g/mol. The first kappa shape index (κ1) is 20.8. The third-order valence-corrected chi connectivity index (χ3v) is 7.32. The zero-order valence-corrected chi connectivity index (χ0v) is 17.5. The Bertz CT molecular complexity index is 763. The second-order valence-corrected chi connectivity index (χ2v) is 10.3. The van der Waals surface area contributed by atoms with E-state index in [2.05, 4.69) is 10.3 Å². The zero-order chi connectivity index (χ0) is 19.4. The van der Waals surface area contributed by atoms with Crippen LogP contribution < -0.4 is 10.1 Å². The molecule has 2 rings (SSSR count). The summed E-state index contributed by atoms with van der Waals surface area (Å²) in [6.07, 6.45) is 0.802. The molecule has 0 amide bonds. The highest BCUT2D eigenvalue weighted by Crippen LogP contribution is 2.24. The molecule has 0 unspecified atom stereocenters. The van der Waals surface area contributed by atoms with Crippen molar-refractivity contribution >= 4 is 27.4 Å². The van der Waals surface area contributed by atoms with Gasteiger partial charge >= 0.3 is 0 Å². The van der Waals surface area contributed by atoms with Crippen LogP contribution in [0.25, 0.3) is 0 Å². The van der Waals surface area contributed by atoms with Gasteiger partial charge in [0.2, 0.25) is 0 Å². The molecular weight excluding hydrogens is 374 g/mol. The molecule has 0 spiro atoms. The summed E-state index contributed by atoms with van der Waals surface area (Å²) in [5.74, 6) is 1.72. The van der Waals surface area contributed by atoms with Crippen LogP contribution in [0.5, 0.6) is 5.75 Å². The standard InChI is InChI=1S/C18H28ClN3O3S/c1-14-12-15(19)6-7-16(14)25-10-5-8-21-17(20-4)22-9-11-26(23,24)18(2,3)13-22/h6-7,12H,5,8-11,13H2,1-4H3,(H,20,21). The number of hydrogen-bond donors (Lipinski definition) is 1. The van der Waals surface area contributed by atoms with E-state index in [-0.39, 0.29) is 5.75 Å². The largest absolute Gasteiger partial charge is 0.493 e. The Kier molecular flexibility index (Phi) is 6.80. The summed E-state index contributed by atoms with van der Waals surface area (Å²) in [5, 5.41) is 3.99. The molecule has 0 saturated carbocycles. The van der Waals surface area contributed by atoms with E-state index in [9.17, 15) is 8.42 Å². The lowest BCUT2D eigenvalue weighted by Crippen LogP contribution is -2.57. The molecule has 146 valence electrons. The molecule has 0 bridgehead atoms. The Balaban J connectivity index is 1.79. The molecule has 1 fully saturated rings. The predicted octanol–water partition coefficient (Wildman–Crippen LogP) is 2.50. The van der Waals surface area contributed by atoms with E-state index >= 15 is 0 Å². The second-order valence-electron chi connectivity index (χ2n) is 7.09. The number of halogens is 1. The van der Waals surface area contributed by atoms with E-state index in [0.29, 0.717) is 31.3 Å². The van der Waals surface area contributed by atoms with Crippen LogP contribution in [0.15, 0.2) is 23.2 Å². The number of hydrogen-bond acceptors (Lipinski definition) is 4. The molecule has 1 aromatic rings. The summed E-state index contributed by atoms with van der Waals surface area (Å²) in [4.78, 5) is 6.29. The van der Waals surface area contributed by atoms with Gasteiger partial charge in [-0.1, -0.05) is 11.6 Å². The minimum Gasteiger partial charge on any atom is -0.493 e. The molecule has 1 N–H and O–H groups in total. The summed E-state index contributed by atoms with van der Waals surface area (Å²) >= 11 is 5.94. The molecular formula is C18H28ClN3O3S. The summed E-state index contributed by atoms with van der Waals surface area (Å²) in [5.41, 5.74) is 1.01. The maximum absolute atomic E-state index is 12.1. The molecule has 0 aliphatic carbocycles. The van der Waals surface area contributed by atoms with Crippen LogP contribution in [0.4, 0.5) is 0 Å². The van der Waals surface area contributed by atoms with Crippen molar-refractivity contribution in [2.45, 2.75) is 31.9 Å². The monoisotopic (exact) mass is 401 g/mol. The normalized spacial score (nSPS) is 19.3. The van der Waals surface area contributed by atoms with Gasteiger partial charge in [0, 0.05) is 31.7 Å². The highest BCUT2D eigenvalue weighted by Gasteiger charge is 2.40. The molecule has 8 heteroatoms. The van der Waals surface area contributed by atoms with E-state index in [1.807, 2.05) is 30.0 Å². The second kappa shape index (κ2) is 8.48. The van der Waals surface area contributed by atoms with Crippen LogP contribution in [0.3, 0.4) is 0 Å². The Labute approximate surface area is 161 Å². The molecule has 1 heterocycles. The predicted molar refractivity (Wildman–Crippen MR) is 107 cm³/mol. The lowest BCUT2D eigenvalue weighted by Gasteiger charge is -2.39. The van der Waals surface area contributed by atoms with Crippen molar-refractivity contribution < 1.29 is 13.2 Å². The molecule has 1 saturated heterocycles. The van der Waals surface area contributed by atoms with E-state index in [4.69, 9.17) is 16.3 Å². The van der Waals surface area contributed by atoms with E-state index in [1.54, 1.807) is 20.9 Å². The first-order valence-electron chi connectivity index (χ1n) is 8.73. The SMILES string of the molecule is CN=C(NCCCOc1ccc(Cl)cc1C)N1CCS(=O)(=O)C(C)(C)C1. The van der Waals surface area contributed by atoms with Gasteiger partial charge in [0.1, 0.15) is 5.75 Å². The highest BCUT2D eigenvalue weighted by molar-refractivity contribution is 7.92. The minimum absolute atomic E-state index is 0.152. The average Bonchev–Trinajstić information content (AvgIpc) is 2.55. The number of benzene rings is 1. The van der Waals surface area contributed by atoms with Gasteiger partial charge < -0.3 is 15.0 Å². The molecule has 0 atom stereocenters. The van der Waals surface area contributed by atoms with Gasteiger partial charge in [-0.15, -0.1) is 0 Å². The molecule has 1 aromatic carbocycles. The van der Waals surface area contributed by atoms with Crippen LogP contribution in [-0.2, 0) is 9.84 Å². The van der Waals surface area contributed by atoms with Crippen molar-refractivity contribution in [3.8, 4) is 5.75 Å².